The van der Waals surface area contributed by atoms with Gasteiger partial charge in [0.2, 0.25) is 0 Å². The maximum atomic E-state index is 12.8. The van der Waals surface area contributed by atoms with E-state index in [4.69, 9.17) is 16.3 Å². The van der Waals surface area contributed by atoms with E-state index in [1.807, 2.05) is 12.1 Å². The van der Waals surface area contributed by atoms with E-state index in [2.05, 4.69) is 6.07 Å². The van der Waals surface area contributed by atoms with Crippen LogP contribution < -0.4 is 4.74 Å². The minimum Gasteiger partial charge on any atom is -0.497 e. The third-order valence-corrected chi connectivity index (χ3v) is 6.59. The van der Waals surface area contributed by atoms with Crippen LogP contribution in [0.3, 0.4) is 0 Å². The van der Waals surface area contributed by atoms with Crippen molar-refractivity contribution in [2.75, 3.05) is 7.11 Å². The molecule has 0 aromatic heterocycles. The van der Waals surface area contributed by atoms with E-state index in [1.165, 1.54) is 12.1 Å². The molecule has 6 heteroatoms. The zero-order valence-electron chi connectivity index (χ0n) is 12.3. The van der Waals surface area contributed by atoms with Crippen molar-refractivity contribution < 1.29 is 13.2 Å². The van der Waals surface area contributed by atoms with E-state index in [9.17, 15) is 13.7 Å². The lowest BCUT2D eigenvalue weighted by Gasteiger charge is -2.05. The van der Waals surface area contributed by atoms with Crippen LogP contribution in [-0.2, 0) is 9.84 Å². The van der Waals surface area contributed by atoms with Gasteiger partial charge in [0.1, 0.15) is 5.75 Å². The van der Waals surface area contributed by atoms with Gasteiger partial charge in [-0.3, -0.25) is 0 Å². The predicted octanol–water partition coefficient (Wildman–Crippen LogP) is 3.43. The number of nitriles is 1. The maximum Gasteiger partial charge on any atom is 0.183 e. The summed E-state index contributed by atoms with van der Waals surface area (Å²) in [4.78, 5) is 0.197. The second kappa shape index (κ2) is 5.88. The third-order valence-electron chi connectivity index (χ3n) is 4.10. The Morgan fingerprint density at radius 3 is 2.22 bits per heavy atom. The lowest BCUT2D eigenvalue weighted by Crippen LogP contribution is -2.10. The first-order chi connectivity index (χ1) is 11.0. The Morgan fingerprint density at radius 2 is 1.70 bits per heavy atom. The molecule has 118 valence electrons. The molecule has 0 heterocycles. The number of rotatable bonds is 4. The summed E-state index contributed by atoms with van der Waals surface area (Å²) in [5.74, 6) is -0.157. The fourth-order valence-electron chi connectivity index (χ4n) is 2.83. The standard InChI is InChI=1S/C17H14ClNO3S/c1-22-13-6-2-11(3-7-13)16-15(10-19)17(16)23(20,21)14-8-4-12(18)5-9-14/h2-9,15-17H,1H3/t15-,16-,17-/m1/s1. The summed E-state index contributed by atoms with van der Waals surface area (Å²) in [6.07, 6.45) is 0. The monoisotopic (exact) mass is 347 g/mol. The van der Waals surface area contributed by atoms with Crippen molar-refractivity contribution in [2.45, 2.75) is 16.1 Å². The number of ether oxygens (including phenoxy) is 1. The molecule has 0 spiro atoms. The first kappa shape index (κ1) is 15.9. The van der Waals surface area contributed by atoms with E-state index < -0.39 is 21.0 Å². The van der Waals surface area contributed by atoms with Gasteiger partial charge in [-0.25, -0.2) is 8.42 Å². The molecule has 1 aliphatic carbocycles. The highest BCUT2D eigenvalue weighted by Gasteiger charge is 2.59. The molecule has 1 aliphatic rings. The van der Waals surface area contributed by atoms with Crippen LogP contribution in [0, 0.1) is 17.2 Å². The number of methoxy groups -OCH3 is 1. The molecule has 0 saturated heterocycles. The molecule has 0 bridgehead atoms. The second-order valence-electron chi connectivity index (χ2n) is 5.42. The van der Waals surface area contributed by atoms with Crippen molar-refractivity contribution in [3.8, 4) is 11.8 Å². The smallest absolute Gasteiger partial charge is 0.183 e. The summed E-state index contributed by atoms with van der Waals surface area (Å²) in [6, 6.07) is 15.3. The summed E-state index contributed by atoms with van der Waals surface area (Å²) >= 11 is 5.81. The Balaban J connectivity index is 1.92. The third kappa shape index (κ3) is 2.80. The average molecular weight is 348 g/mol. The van der Waals surface area contributed by atoms with Gasteiger partial charge in [-0.2, -0.15) is 5.26 Å². The molecule has 0 amide bonds. The molecule has 23 heavy (non-hydrogen) atoms. The van der Waals surface area contributed by atoms with Crippen LogP contribution in [0.4, 0.5) is 0 Å². The second-order valence-corrected chi connectivity index (χ2v) is 7.96. The summed E-state index contributed by atoms with van der Waals surface area (Å²) in [7, 11) is -2.00. The number of sulfone groups is 1. The number of hydrogen-bond acceptors (Lipinski definition) is 4. The van der Waals surface area contributed by atoms with Crippen molar-refractivity contribution >= 4 is 21.4 Å². The Kier molecular flexibility index (Phi) is 4.05. The van der Waals surface area contributed by atoms with Gasteiger partial charge in [-0.15, -0.1) is 0 Å². The molecule has 0 unspecified atom stereocenters. The molecular formula is C17H14ClNO3S. The number of halogens is 1. The highest BCUT2D eigenvalue weighted by molar-refractivity contribution is 7.92. The zero-order chi connectivity index (χ0) is 16.6. The van der Waals surface area contributed by atoms with Gasteiger partial charge in [-0.05, 0) is 42.0 Å². The topological polar surface area (TPSA) is 67.2 Å². The number of nitrogens with zero attached hydrogens (tertiary/aromatic N) is 1. The fourth-order valence-corrected chi connectivity index (χ4v) is 5.02. The summed E-state index contributed by atoms with van der Waals surface area (Å²) in [6.45, 7) is 0. The van der Waals surface area contributed by atoms with Gasteiger partial charge in [0.15, 0.2) is 9.84 Å². The van der Waals surface area contributed by atoms with Gasteiger partial charge in [0.05, 0.1) is 29.2 Å². The van der Waals surface area contributed by atoms with Crippen molar-refractivity contribution in [1.29, 1.82) is 5.26 Å². The van der Waals surface area contributed by atoms with Crippen LogP contribution in [0.15, 0.2) is 53.4 Å². The van der Waals surface area contributed by atoms with Crippen molar-refractivity contribution in [3.05, 3.63) is 59.1 Å². The molecule has 4 nitrogen and oxygen atoms in total. The van der Waals surface area contributed by atoms with Crippen LogP contribution >= 0.6 is 11.6 Å². The van der Waals surface area contributed by atoms with Gasteiger partial charge < -0.3 is 4.74 Å². The van der Waals surface area contributed by atoms with Crippen molar-refractivity contribution in [3.63, 3.8) is 0 Å². The van der Waals surface area contributed by atoms with E-state index in [0.717, 1.165) is 5.56 Å². The minimum atomic E-state index is -3.57. The van der Waals surface area contributed by atoms with Gasteiger partial charge in [0, 0.05) is 10.9 Å². The van der Waals surface area contributed by atoms with Crippen LogP contribution in [0.5, 0.6) is 5.75 Å². The Hall–Kier alpha value is -2.03. The molecule has 3 atom stereocenters. The SMILES string of the molecule is COc1ccc([C@@H]2[C@@H](C#N)[C@H]2S(=O)(=O)c2ccc(Cl)cc2)cc1. The summed E-state index contributed by atoms with van der Waals surface area (Å²) in [5.41, 5.74) is 0.833. The fraction of sp³-hybridized carbons (Fsp3) is 0.235. The molecule has 0 radical (unpaired) electrons. The average Bonchev–Trinajstić information content (AvgIpc) is 3.31. The lowest BCUT2D eigenvalue weighted by molar-refractivity contribution is 0.414. The summed E-state index contributed by atoms with van der Waals surface area (Å²) < 4.78 is 30.6. The van der Waals surface area contributed by atoms with Crippen molar-refractivity contribution in [2.24, 2.45) is 5.92 Å². The summed E-state index contributed by atoms with van der Waals surface area (Å²) in [5, 5.41) is 9.06. The highest BCUT2D eigenvalue weighted by atomic mass is 35.5. The molecule has 2 aromatic carbocycles. The minimum absolute atomic E-state index is 0.197. The quantitative estimate of drug-likeness (QED) is 0.849. The Morgan fingerprint density at radius 1 is 1.09 bits per heavy atom. The molecule has 0 N–H and O–H groups in total. The number of hydrogen-bond donors (Lipinski definition) is 0. The van der Waals surface area contributed by atoms with Crippen molar-refractivity contribution in [1.82, 2.24) is 0 Å². The predicted molar refractivity (Wildman–Crippen MR) is 87.3 cm³/mol. The molecule has 3 rings (SSSR count). The van der Waals surface area contributed by atoms with E-state index in [-0.39, 0.29) is 10.8 Å². The van der Waals surface area contributed by atoms with E-state index >= 15 is 0 Å². The Labute approximate surface area is 140 Å². The lowest BCUT2D eigenvalue weighted by atomic mass is 10.1. The van der Waals surface area contributed by atoms with Crippen LogP contribution in [0.2, 0.25) is 5.02 Å². The van der Waals surface area contributed by atoms with Gasteiger partial charge in [0.25, 0.3) is 0 Å². The van der Waals surface area contributed by atoms with Crippen LogP contribution in [0.25, 0.3) is 0 Å². The number of benzene rings is 2. The van der Waals surface area contributed by atoms with E-state index in [0.29, 0.717) is 10.8 Å². The normalized spacial score (nSPS) is 23.1. The first-order valence-corrected chi connectivity index (χ1v) is 8.94. The zero-order valence-corrected chi connectivity index (χ0v) is 13.9. The Bertz CT molecular complexity index is 854. The molecule has 1 fully saturated rings. The molecule has 0 aliphatic heterocycles. The van der Waals surface area contributed by atoms with Crippen LogP contribution in [-0.4, -0.2) is 20.8 Å². The van der Waals surface area contributed by atoms with E-state index in [1.54, 1.807) is 31.4 Å². The molecule has 1 saturated carbocycles. The first-order valence-electron chi connectivity index (χ1n) is 7.02. The van der Waals surface area contributed by atoms with Crippen LogP contribution in [0.1, 0.15) is 11.5 Å². The molecule has 2 aromatic rings. The largest absolute Gasteiger partial charge is 0.497 e. The highest BCUT2D eigenvalue weighted by Crippen LogP contribution is 2.53. The van der Waals surface area contributed by atoms with Gasteiger partial charge >= 0.3 is 0 Å². The van der Waals surface area contributed by atoms with Gasteiger partial charge in [-0.1, -0.05) is 23.7 Å². The molecular weight excluding hydrogens is 334 g/mol. The maximum absolute atomic E-state index is 12.8.